The Morgan fingerprint density at radius 1 is 1.00 bits per heavy atom. The van der Waals surface area contributed by atoms with Crippen molar-refractivity contribution < 1.29 is 9.59 Å². The fourth-order valence-corrected chi connectivity index (χ4v) is 3.24. The first-order chi connectivity index (χ1) is 12.2. The highest BCUT2D eigenvalue weighted by atomic mass is 32.2. The van der Waals surface area contributed by atoms with Crippen LogP contribution < -0.4 is 10.6 Å². The first kappa shape index (κ1) is 18.6. The average molecular weight is 352 g/mol. The lowest BCUT2D eigenvalue weighted by Gasteiger charge is -2.17. The zero-order chi connectivity index (χ0) is 17.9. The summed E-state index contributed by atoms with van der Waals surface area (Å²) in [7, 11) is 0. The number of carbonyl (C=O) groups excluding carboxylic acids is 2. The van der Waals surface area contributed by atoms with Gasteiger partial charge in [-0.3, -0.25) is 9.59 Å². The van der Waals surface area contributed by atoms with Gasteiger partial charge in [0.05, 0.1) is 6.54 Å². The van der Waals surface area contributed by atoms with Gasteiger partial charge in [-0.05, 0) is 17.7 Å². The molecule has 0 aliphatic carbocycles. The van der Waals surface area contributed by atoms with E-state index >= 15 is 0 Å². The van der Waals surface area contributed by atoms with Crippen LogP contribution in [0.4, 0.5) is 0 Å². The number of nitrogens with one attached hydrogen (secondary N) is 2. The van der Waals surface area contributed by atoms with E-state index in [1.54, 1.807) is 0 Å². The first-order valence-electron chi connectivity index (χ1n) is 7.95. The number of carbonyl (C=O) groups is 2. The zero-order valence-electron chi connectivity index (χ0n) is 13.8. The Kier molecular flexibility index (Phi) is 7.61. The topological polar surface area (TPSA) is 58.2 Å². The van der Waals surface area contributed by atoms with Gasteiger partial charge < -0.3 is 10.6 Å². The number of thioether (sulfide) groups is 1. The summed E-state index contributed by atoms with van der Waals surface area (Å²) in [6.45, 7) is 0.469. The van der Waals surface area contributed by atoms with Gasteiger partial charge in [0.25, 0.3) is 0 Å². The van der Waals surface area contributed by atoms with Gasteiger partial charge in [0.15, 0.2) is 0 Å². The highest BCUT2D eigenvalue weighted by Gasteiger charge is 2.21. The quantitative estimate of drug-likeness (QED) is 0.567. The Morgan fingerprint density at radius 3 is 2.28 bits per heavy atom. The maximum Gasteiger partial charge on any atom is 0.238 e. The summed E-state index contributed by atoms with van der Waals surface area (Å²) in [5.74, 6) is 2.05. The third-order valence-corrected chi connectivity index (χ3v) is 4.64. The molecular weight excluding hydrogens is 332 g/mol. The predicted molar refractivity (Wildman–Crippen MR) is 101 cm³/mol. The maximum atomic E-state index is 12.6. The van der Waals surface area contributed by atoms with Crippen LogP contribution in [0.5, 0.6) is 0 Å². The number of benzene rings is 2. The molecule has 1 unspecified atom stereocenters. The zero-order valence-corrected chi connectivity index (χ0v) is 14.6. The van der Waals surface area contributed by atoms with Crippen molar-refractivity contribution in [2.24, 2.45) is 0 Å². The van der Waals surface area contributed by atoms with Crippen molar-refractivity contribution in [1.29, 1.82) is 0 Å². The second-order valence-electron chi connectivity index (χ2n) is 5.24. The third kappa shape index (κ3) is 6.36. The van der Waals surface area contributed by atoms with Gasteiger partial charge in [0.1, 0.15) is 5.25 Å². The Hall–Kier alpha value is -2.71. The second-order valence-corrected chi connectivity index (χ2v) is 6.42. The Bertz CT molecular complexity index is 726. The molecule has 0 aromatic heterocycles. The molecule has 2 N–H and O–H groups in total. The molecule has 0 saturated carbocycles. The molecule has 128 valence electrons. The number of amides is 2. The fourth-order valence-electron chi connectivity index (χ4n) is 2.17. The monoisotopic (exact) mass is 352 g/mol. The molecule has 0 radical (unpaired) electrons. The smallest absolute Gasteiger partial charge is 0.238 e. The van der Waals surface area contributed by atoms with E-state index in [0.717, 1.165) is 10.5 Å². The predicted octanol–water partition coefficient (Wildman–Crippen LogP) is 2.78. The molecule has 0 aliphatic heterocycles. The van der Waals surface area contributed by atoms with Crippen molar-refractivity contribution in [3.8, 4) is 12.3 Å². The third-order valence-electron chi connectivity index (χ3n) is 3.38. The van der Waals surface area contributed by atoms with Crippen LogP contribution in [-0.2, 0) is 9.59 Å². The van der Waals surface area contributed by atoms with E-state index in [4.69, 9.17) is 6.42 Å². The van der Waals surface area contributed by atoms with Crippen LogP contribution in [0.3, 0.4) is 0 Å². The van der Waals surface area contributed by atoms with Gasteiger partial charge in [-0.2, -0.15) is 0 Å². The summed E-state index contributed by atoms with van der Waals surface area (Å²) in [4.78, 5) is 25.2. The largest absolute Gasteiger partial charge is 0.354 e. The lowest BCUT2D eigenvalue weighted by Crippen LogP contribution is -2.33. The molecule has 2 aromatic rings. The van der Waals surface area contributed by atoms with E-state index in [1.807, 2.05) is 60.7 Å². The van der Waals surface area contributed by atoms with Crippen molar-refractivity contribution in [3.63, 3.8) is 0 Å². The molecule has 5 heteroatoms. The van der Waals surface area contributed by atoms with E-state index in [-0.39, 0.29) is 36.6 Å². The van der Waals surface area contributed by atoms with Gasteiger partial charge in [-0.25, -0.2) is 0 Å². The standard InChI is InChI=1S/C20H20N2O2S/c1-2-14-21-18(23)13-15-22-20(24)19(16-9-5-3-6-10-16)25-17-11-7-4-8-12-17/h1,3-12,19H,13-15H2,(H,21,23)(H,22,24). The molecule has 0 spiro atoms. The SMILES string of the molecule is C#CCNC(=O)CCNC(=O)C(Sc1ccccc1)c1ccccc1. The Morgan fingerprint density at radius 2 is 1.64 bits per heavy atom. The second kappa shape index (κ2) is 10.2. The summed E-state index contributed by atoms with van der Waals surface area (Å²) in [6.07, 6.45) is 5.29. The van der Waals surface area contributed by atoms with Crippen molar-refractivity contribution >= 4 is 23.6 Å². The van der Waals surface area contributed by atoms with Crippen LogP contribution in [0.15, 0.2) is 65.6 Å². The van der Waals surface area contributed by atoms with Crippen molar-refractivity contribution in [2.45, 2.75) is 16.6 Å². The van der Waals surface area contributed by atoms with E-state index < -0.39 is 0 Å². The molecule has 1 atom stereocenters. The van der Waals surface area contributed by atoms with Gasteiger partial charge in [0.2, 0.25) is 11.8 Å². The summed E-state index contributed by atoms with van der Waals surface area (Å²) < 4.78 is 0. The van der Waals surface area contributed by atoms with Gasteiger partial charge >= 0.3 is 0 Å². The number of hydrogen-bond acceptors (Lipinski definition) is 3. The summed E-state index contributed by atoms with van der Waals surface area (Å²) in [5, 5.41) is 5.03. The number of terminal acetylenes is 1. The van der Waals surface area contributed by atoms with Gasteiger partial charge in [0, 0.05) is 17.9 Å². The highest BCUT2D eigenvalue weighted by molar-refractivity contribution is 8.00. The van der Waals surface area contributed by atoms with Crippen LogP contribution in [0.2, 0.25) is 0 Å². The summed E-state index contributed by atoms with van der Waals surface area (Å²) in [6, 6.07) is 19.4. The van der Waals surface area contributed by atoms with Crippen molar-refractivity contribution in [3.05, 3.63) is 66.2 Å². The lowest BCUT2D eigenvalue weighted by molar-refractivity contribution is -0.122. The molecular formula is C20H20N2O2S. The van der Waals surface area contributed by atoms with Crippen LogP contribution in [0, 0.1) is 12.3 Å². The van der Waals surface area contributed by atoms with Gasteiger partial charge in [-0.1, -0.05) is 54.5 Å². The highest BCUT2D eigenvalue weighted by Crippen LogP contribution is 2.35. The van der Waals surface area contributed by atoms with Crippen molar-refractivity contribution in [2.75, 3.05) is 13.1 Å². The maximum absolute atomic E-state index is 12.6. The molecule has 2 aromatic carbocycles. The molecule has 0 heterocycles. The number of hydrogen-bond donors (Lipinski definition) is 2. The first-order valence-corrected chi connectivity index (χ1v) is 8.83. The molecule has 0 fully saturated rings. The van der Waals surface area contributed by atoms with Gasteiger partial charge in [-0.15, -0.1) is 18.2 Å². The Balaban J connectivity index is 1.99. The molecule has 0 saturated heterocycles. The number of rotatable bonds is 8. The molecule has 25 heavy (non-hydrogen) atoms. The summed E-state index contributed by atoms with van der Waals surface area (Å²) in [5.41, 5.74) is 0.922. The average Bonchev–Trinajstić information content (AvgIpc) is 2.66. The lowest BCUT2D eigenvalue weighted by atomic mass is 10.1. The molecule has 2 amide bonds. The van der Waals surface area contributed by atoms with Crippen LogP contribution >= 0.6 is 11.8 Å². The molecule has 4 nitrogen and oxygen atoms in total. The van der Waals surface area contributed by atoms with E-state index in [1.165, 1.54) is 11.8 Å². The van der Waals surface area contributed by atoms with Crippen molar-refractivity contribution in [1.82, 2.24) is 10.6 Å². The van der Waals surface area contributed by atoms with Crippen LogP contribution in [-0.4, -0.2) is 24.9 Å². The van der Waals surface area contributed by atoms with E-state index in [9.17, 15) is 9.59 Å². The van der Waals surface area contributed by atoms with E-state index in [2.05, 4.69) is 16.6 Å². The molecule has 0 bridgehead atoms. The fraction of sp³-hybridized carbons (Fsp3) is 0.200. The normalized spacial score (nSPS) is 11.2. The van der Waals surface area contributed by atoms with Crippen LogP contribution in [0.25, 0.3) is 0 Å². The molecule has 0 aliphatic rings. The minimum Gasteiger partial charge on any atom is -0.354 e. The van der Waals surface area contributed by atoms with Crippen LogP contribution in [0.1, 0.15) is 17.2 Å². The van der Waals surface area contributed by atoms with E-state index in [0.29, 0.717) is 0 Å². The minimum absolute atomic E-state index is 0.121. The Labute approximate surface area is 152 Å². The minimum atomic E-state index is -0.377. The summed E-state index contributed by atoms with van der Waals surface area (Å²) >= 11 is 1.48. The molecule has 2 rings (SSSR count).